The third kappa shape index (κ3) is 4.60. The van der Waals surface area contributed by atoms with Crippen molar-refractivity contribution in [2.45, 2.75) is 58.1 Å². The maximum Gasteiger partial charge on any atom is 0.306 e. The lowest BCUT2D eigenvalue weighted by Crippen LogP contribution is -2.35. The SMILES string of the molecule is C[C@H]1CC[C@@H](Oc2ccc3cc(CN4CCC(C(=O)O)CC4)ccc3c2C#N)CC1. The van der Waals surface area contributed by atoms with Crippen molar-refractivity contribution in [3.8, 4) is 11.8 Å². The Morgan fingerprint density at radius 1 is 1.13 bits per heavy atom. The summed E-state index contributed by atoms with van der Waals surface area (Å²) in [5.74, 6) is 0.588. The molecule has 2 aliphatic rings. The van der Waals surface area contributed by atoms with Crippen molar-refractivity contribution in [2.75, 3.05) is 13.1 Å². The van der Waals surface area contributed by atoms with Gasteiger partial charge in [-0.1, -0.05) is 25.1 Å². The van der Waals surface area contributed by atoms with Crippen LogP contribution in [0, 0.1) is 23.2 Å². The molecule has 1 heterocycles. The molecule has 0 radical (unpaired) electrons. The predicted molar refractivity (Wildman–Crippen MR) is 116 cm³/mol. The molecule has 30 heavy (non-hydrogen) atoms. The Morgan fingerprint density at radius 2 is 1.87 bits per heavy atom. The number of rotatable bonds is 5. The van der Waals surface area contributed by atoms with Crippen LogP contribution >= 0.6 is 0 Å². The van der Waals surface area contributed by atoms with E-state index < -0.39 is 5.97 Å². The van der Waals surface area contributed by atoms with Gasteiger partial charge in [-0.15, -0.1) is 0 Å². The molecule has 0 unspecified atom stereocenters. The number of likely N-dealkylation sites (tertiary alicyclic amines) is 1. The normalized spacial score (nSPS) is 23.2. The number of hydrogen-bond acceptors (Lipinski definition) is 4. The van der Waals surface area contributed by atoms with Crippen LogP contribution in [-0.4, -0.2) is 35.2 Å². The van der Waals surface area contributed by atoms with Gasteiger partial charge in [-0.05, 0) is 80.6 Å². The summed E-state index contributed by atoms with van der Waals surface area (Å²) in [5, 5.41) is 21.0. The Hall–Kier alpha value is -2.58. The maximum atomic E-state index is 11.1. The number of ether oxygens (including phenoxy) is 1. The molecule has 2 fully saturated rings. The van der Waals surface area contributed by atoms with Gasteiger partial charge in [-0.2, -0.15) is 5.26 Å². The van der Waals surface area contributed by atoms with Gasteiger partial charge in [0.15, 0.2) is 0 Å². The summed E-state index contributed by atoms with van der Waals surface area (Å²) in [6.45, 7) is 4.72. The molecular formula is C25H30N2O3. The second kappa shape index (κ2) is 9.06. The Kier molecular flexibility index (Phi) is 6.24. The van der Waals surface area contributed by atoms with Gasteiger partial charge in [-0.3, -0.25) is 9.69 Å². The van der Waals surface area contributed by atoms with E-state index in [0.29, 0.717) is 24.2 Å². The van der Waals surface area contributed by atoms with Gasteiger partial charge in [0.05, 0.1) is 12.0 Å². The fourth-order valence-corrected chi connectivity index (χ4v) is 4.79. The summed E-state index contributed by atoms with van der Waals surface area (Å²) in [7, 11) is 0. The summed E-state index contributed by atoms with van der Waals surface area (Å²) >= 11 is 0. The van der Waals surface area contributed by atoms with Crippen LogP contribution in [0.25, 0.3) is 10.8 Å². The molecule has 0 atom stereocenters. The lowest BCUT2D eigenvalue weighted by Gasteiger charge is -2.30. The molecule has 0 amide bonds. The molecule has 2 aromatic carbocycles. The highest BCUT2D eigenvalue weighted by molar-refractivity contribution is 5.90. The minimum absolute atomic E-state index is 0.207. The molecule has 5 heteroatoms. The monoisotopic (exact) mass is 406 g/mol. The van der Waals surface area contributed by atoms with Crippen molar-refractivity contribution in [3.05, 3.63) is 41.5 Å². The van der Waals surface area contributed by atoms with E-state index in [0.717, 1.165) is 49.2 Å². The van der Waals surface area contributed by atoms with Gasteiger partial charge >= 0.3 is 5.97 Å². The maximum absolute atomic E-state index is 11.1. The van der Waals surface area contributed by atoms with Crippen molar-refractivity contribution in [3.63, 3.8) is 0 Å². The fourth-order valence-electron chi connectivity index (χ4n) is 4.79. The molecule has 1 N–H and O–H groups in total. The predicted octanol–water partition coefficient (Wildman–Crippen LogP) is 4.97. The van der Waals surface area contributed by atoms with E-state index in [2.05, 4.69) is 36.1 Å². The number of aliphatic carboxylic acids is 1. The van der Waals surface area contributed by atoms with Crippen molar-refractivity contribution in [2.24, 2.45) is 11.8 Å². The number of hydrogen-bond donors (Lipinski definition) is 1. The molecular weight excluding hydrogens is 376 g/mol. The fraction of sp³-hybridized carbons (Fsp3) is 0.520. The van der Waals surface area contributed by atoms with E-state index in [9.17, 15) is 10.1 Å². The van der Waals surface area contributed by atoms with Crippen LogP contribution in [0.4, 0.5) is 0 Å². The number of piperidine rings is 1. The van der Waals surface area contributed by atoms with E-state index in [1.807, 2.05) is 12.1 Å². The van der Waals surface area contributed by atoms with Crippen LogP contribution in [0.2, 0.25) is 0 Å². The number of fused-ring (bicyclic) bond motifs is 1. The first-order valence-electron chi connectivity index (χ1n) is 11.1. The van der Waals surface area contributed by atoms with Crippen molar-refractivity contribution >= 4 is 16.7 Å². The van der Waals surface area contributed by atoms with Crippen molar-refractivity contribution in [1.29, 1.82) is 5.26 Å². The lowest BCUT2D eigenvalue weighted by molar-refractivity contribution is -0.143. The minimum Gasteiger partial charge on any atom is -0.489 e. The molecule has 0 bridgehead atoms. The zero-order valence-electron chi connectivity index (χ0n) is 17.6. The highest BCUT2D eigenvalue weighted by Crippen LogP contribution is 2.33. The number of nitrogens with zero attached hydrogens (tertiary/aromatic N) is 2. The van der Waals surface area contributed by atoms with Gasteiger partial charge < -0.3 is 9.84 Å². The smallest absolute Gasteiger partial charge is 0.306 e. The van der Waals surface area contributed by atoms with Crippen LogP contribution in [-0.2, 0) is 11.3 Å². The highest BCUT2D eigenvalue weighted by atomic mass is 16.5. The van der Waals surface area contributed by atoms with Crippen LogP contribution in [0.1, 0.15) is 56.6 Å². The Balaban J connectivity index is 1.47. The first-order valence-corrected chi connectivity index (χ1v) is 11.1. The van der Waals surface area contributed by atoms with E-state index in [-0.39, 0.29) is 12.0 Å². The molecule has 0 aromatic heterocycles. The van der Waals surface area contributed by atoms with Crippen molar-refractivity contribution in [1.82, 2.24) is 4.90 Å². The molecule has 1 aliphatic heterocycles. The molecule has 0 spiro atoms. The molecule has 1 saturated carbocycles. The summed E-state index contributed by atoms with van der Waals surface area (Å²) in [6, 6.07) is 12.6. The zero-order valence-corrected chi connectivity index (χ0v) is 17.6. The molecule has 1 saturated heterocycles. The van der Waals surface area contributed by atoms with Crippen molar-refractivity contribution < 1.29 is 14.6 Å². The molecule has 5 nitrogen and oxygen atoms in total. The first-order chi connectivity index (χ1) is 14.5. The van der Waals surface area contributed by atoms with E-state index in [4.69, 9.17) is 9.84 Å². The third-order valence-corrected chi connectivity index (χ3v) is 6.76. The third-order valence-electron chi connectivity index (χ3n) is 6.76. The summed E-state index contributed by atoms with van der Waals surface area (Å²) < 4.78 is 6.24. The van der Waals surface area contributed by atoms with Gasteiger partial charge in [0, 0.05) is 11.9 Å². The second-order valence-corrected chi connectivity index (χ2v) is 8.99. The topological polar surface area (TPSA) is 73.6 Å². The Morgan fingerprint density at radius 3 is 2.53 bits per heavy atom. The van der Waals surface area contributed by atoms with Crippen LogP contribution in [0.5, 0.6) is 5.75 Å². The minimum atomic E-state index is -0.676. The van der Waals surface area contributed by atoms with Gasteiger partial charge in [0.25, 0.3) is 0 Å². The van der Waals surface area contributed by atoms with Crippen LogP contribution in [0.15, 0.2) is 30.3 Å². The molecule has 158 valence electrons. The van der Waals surface area contributed by atoms with E-state index >= 15 is 0 Å². The number of carbonyl (C=O) groups is 1. The number of carboxylic acid groups (broad SMARTS) is 1. The standard InChI is InChI=1S/C25H30N2O3/c1-17-2-6-21(7-3-17)30-24-9-5-20-14-18(4-8-22(20)23(24)15-26)16-27-12-10-19(11-13-27)25(28)29/h4-5,8-9,14,17,19,21H,2-3,6-7,10-13,16H2,1H3,(H,28,29)/t17-,21+. The quantitative estimate of drug-likeness (QED) is 0.759. The second-order valence-electron chi connectivity index (χ2n) is 8.99. The van der Waals surface area contributed by atoms with Gasteiger partial charge in [0.1, 0.15) is 17.4 Å². The summed E-state index contributed by atoms with van der Waals surface area (Å²) in [6.07, 6.45) is 6.12. The first kappa shape index (κ1) is 20.7. The van der Waals surface area contributed by atoms with E-state index in [1.165, 1.54) is 18.4 Å². The van der Waals surface area contributed by atoms with Crippen LogP contribution in [0.3, 0.4) is 0 Å². The van der Waals surface area contributed by atoms with Gasteiger partial charge in [0.2, 0.25) is 0 Å². The largest absolute Gasteiger partial charge is 0.489 e. The lowest BCUT2D eigenvalue weighted by atomic mass is 9.89. The molecule has 4 rings (SSSR count). The average Bonchev–Trinajstić information content (AvgIpc) is 2.75. The highest BCUT2D eigenvalue weighted by Gasteiger charge is 2.24. The van der Waals surface area contributed by atoms with Crippen LogP contribution < -0.4 is 4.74 Å². The number of benzene rings is 2. The average molecular weight is 407 g/mol. The Bertz CT molecular complexity index is 949. The number of carboxylic acids is 1. The zero-order chi connectivity index (χ0) is 21.1. The molecule has 2 aromatic rings. The van der Waals surface area contributed by atoms with E-state index in [1.54, 1.807) is 0 Å². The van der Waals surface area contributed by atoms with Gasteiger partial charge in [-0.25, -0.2) is 0 Å². The summed E-state index contributed by atoms with van der Waals surface area (Å²) in [5.41, 5.74) is 1.81. The summed E-state index contributed by atoms with van der Waals surface area (Å²) in [4.78, 5) is 13.5. The Labute approximate surface area is 178 Å². The molecule has 1 aliphatic carbocycles. The number of nitriles is 1.